The SMILES string of the molecule is O=S(=O)(Nc1ccc(-c2cc3c(N4CCOCC4)ncnc3[nH]2)cc1)C1CCN(C2CCCNC2)C1. The molecular formula is C25H33N7O3S. The molecule has 6 rings (SSSR count). The van der Waals surface area contributed by atoms with Gasteiger partial charge in [0.1, 0.15) is 17.8 Å². The maximum Gasteiger partial charge on any atom is 0.236 e. The molecule has 2 atom stereocenters. The van der Waals surface area contributed by atoms with Crippen LogP contribution in [0, 0.1) is 0 Å². The van der Waals surface area contributed by atoms with Gasteiger partial charge >= 0.3 is 0 Å². The van der Waals surface area contributed by atoms with E-state index in [2.05, 4.69) is 40.9 Å². The molecule has 3 saturated heterocycles. The Morgan fingerprint density at radius 2 is 1.89 bits per heavy atom. The van der Waals surface area contributed by atoms with Gasteiger partial charge in [-0.25, -0.2) is 18.4 Å². The minimum absolute atomic E-state index is 0.384. The number of likely N-dealkylation sites (tertiary alicyclic amines) is 1. The van der Waals surface area contributed by atoms with Crippen molar-refractivity contribution in [1.29, 1.82) is 0 Å². The third-order valence-corrected chi connectivity index (χ3v) is 9.36. The van der Waals surface area contributed by atoms with Gasteiger partial charge < -0.3 is 19.9 Å². The average molecular weight is 512 g/mol. The fourth-order valence-electron chi connectivity index (χ4n) is 5.56. The van der Waals surface area contributed by atoms with E-state index in [1.54, 1.807) is 6.33 Å². The van der Waals surface area contributed by atoms with E-state index in [0.29, 0.717) is 37.9 Å². The first-order valence-corrected chi connectivity index (χ1v) is 14.3. The molecule has 0 spiro atoms. The van der Waals surface area contributed by atoms with Gasteiger partial charge in [-0.15, -0.1) is 0 Å². The summed E-state index contributed by atoms with van der Waals surface area (Å²) in [7, 11) is -3.45. The summed E-state index contributed by atoms with van der Waals surface area (Å²) in [4.78, 5) is 16.9. The lowest BCUT2D eigenvalue weighted by molar-refractivity contribution is 0.122. The van der Waals surface area contributed by atoms with Gasteiger partial charge in [0.15, 0.2) is 0 Å². The van der Waals surface area contributed by atoms with Crippen LogP contribution in [0.15, 0.2) is 36.7 Å². The van der Waals surface area contributed by atoms with Crippen LogP contribution in [0.2, 0.25) is 0 Å². The van der Waals surface area contributed by atoms with Crippen LogP contribution < -0.4 is 14.9 Å². The Bertz CT molecular complexity index is 1300. The predicted molar refractivity (Wildman–Crippen MR) is 141 cm³/mol. The van der Waals surface area contributed by atoms with Crippen molar-refractivity contribution in [2.24, 2.45) is 0 Å². The molecule has 192 valence electrons. The van der Waals surface area contributed by atoms with Crippen LogP contribution in [0.4, 0.5) is 11.5 Å². The number of aromatic amines is 1. The van der Waals surface area contributed by atoms with Crippen molar-refractivity contribution in [3.63, 3.8) is 0 Å². The molecule has 0 aliphatic carbocycles. The van der Waals surface area contributed by atoms with Gasteiger partial charge in [-0.3, -0.25) is 9.62 Å². The van der Waals surface area contributed by atoms with Crippen LogP contribution in [0.3, 0.4) is 0 Å². The number of nitrogens with one attached hydrogen (secondary N) is 3. The molecule has 0 radical (unpaired) electrons. The molecule has 3 N–H and O–H groups in total. The highest BCUT2D eigenvalue weighted by Gasteiger charge is 2.36. The molecule has 2 aromatic heterocycles. The highest BCUT2D eigenvalue weighted by molar-refractivity contribution is 7.93. The first-order valence-electron chi connectivity index (χ1n) is 12.8. The third kappa shape index (κ3) is 4.80. The molecule has 0 amide bonds. The van der Waals surface area contributed by atoms with Gasteiger partial charge in [0.05, 0.1) is 23.8 Å². The summed E-state index contributed by atoms with van der Waals surface area (Å²) < 4.78 is 34.5. The second-order valence-corrected chi connectivity index (χ2v) is 11.8. The smallest absolute Gasteiger partial charge is 0.236 e. The van der Waals surface area contributed by atoms with Crippen LogP contribution in [-0.2, 0) is 14.8 Å². The lowest BCUT2D eigenvalue weighted by atomic mass is 10.1. The monoisotopic (exact) mass is 511 g/mol. The fourth-order valence-corrected chi connectivity index (χ4v) is 6.99. The summed E-state index contributed by atoms with van der Waals surface area (Å²) in [6.07, 6.45) is 4.55. The van der Waals surface area contributed by atoms with E-state index in [9.17, 15) is 8.42 Å². The van der Waals surface area contributed by atoms with Crippen molar-refractivity contribution in [3.8, 4) is 11.3 Å². The summed E-state index contributed by atoms with van der Waals surface area (Å²) in [5, 5.41) is 4.01. The summed E-state index contributed by atoms with van der Waals surface area (Å²) in [5.74, 6) is 0.907. The van der Waals surface area contributed by atoms with E-state index in [4.69, 9.17) is 4.74 Å². The predicted octanol–water partition coefficient (Wildman–Crippen LogP) is 2.03. The molecule has 3 fully saturated rings. The van der Waals surface area contributed by atoms with E-state index in [0.717, 1.165) is 73.7 Å². The van der Waals surface area contributed by atoms with Crippen LogP contribution in [0.1, 0.15) is 19.3 Å². The van der Waals surface area contributed by atoms with Gasteiger partial charge in [0, 0.05) is 43.6 Å². The zero-order chi connectivity index (χ0) is 24.5. The number of H-pyrrole nitrogens is 1. The fraction of sp³-hybridized carbons (Fsp3) is 0.520. The number of rotatable bonds is 6. The Morgan fingerprint density at radius 1 is 1.06 bits per heavy atom. The third-order valence-electron chi connectivity index (χ3n) is 7.57. The van der Waals surface area contributed by atoms with Crippen LogP contribution >= 0.6 is 0 Å². The van der Waals surface area contributed by atoms with Gasteiger partial charge in [-0.05, 0) is 56.1 Å². The normalized spacial score (nSPS) is 23.8. The van der Waals surface area contributed by atoms with Gasteiger partial charge in [0.25, 0.3) is 0 Å². The van der Waals surface area contributed by atoms with Crippen molar-refractivity contribution in [1.82, 2.24) is 25.2 Å². The van der Waals surface area contributed by atoms with Gasteiger partial charge in [-0.1, -0.05) is 12.1 Å². The number of nitrogens with zero attached hydrogens (tertiary/aromatic N) is 4. The highest BCUT2D eigenvalue weighted by Crippen LogP contribution is 2.30. The highest BCUT2D eigenvalue weighted by atomic mass is 32.2. The quantitative estimate of drug-likeness (QED) is 0.461. The minimum atomic E-state index is -3.45. The van der Waals surface area contributed by atoms with Crippen molar-refractivity contribution in [2.75, 3.05) is 62.1 Å². The summed E-state index contributed by atoms with van der Waals surface area (Å²) in [6.45, 7) is 6.44. The first kappa shape index (κ1) is 23.7. The zero-order valence-electron chi connectivity index (χ0n) is 20.3. The molecule has 5 heterocycles. The first-order chi connectivity index (χ1) is 17.6. The molecule has 3 aromatic rings. The van der Waals surface area contributed by atoms with Crippen molar-refractivity contribution >= 4 is 32.6 Å². The molecule has 0 saturated carbocycles. The number of morpholine rings is 1. The molecule has 36 heavy (non-hydrogen) atoms. The number of ether oxygens (including phenoxy) is 1. The topological polar surface area (TPSA) is 115 Å². The second kappa shape index (κ2) is 9.97. The maximum absolute atomic E-state index is 13.1. The second-order valence-electron chi connectivity index (χ2n) is 9.87. The summed E-state index contributed by atoms with van der Waals surface area (Å²) in [5.41, 5.74) is 3.24. The van der Waals surface area contributed by atoms with Crippen LogP contribution in [-0.4, -0.2) is 92.0 Å². The van der Waals surface area contributed by atoms with E-state index >= 15 is 0 Å². The number of fused-ring (bicyclic) bond motifs is 1. The number of benzene rings is 1. The molecule has 0 bridgehead atoms. The number of aromatic nitrogens is 3. The van der Waals surface area contributed by atoms with Crippen LogP contribution in [0.5, 0.6) is 0 Å². The standard InChI is InChI=1S/C25H33N7O3S/c33-36(34,21-7-9-32(16-21)20-2-1-8-26-15-20)30-19-5-3-18(4-6-19)23-14-22-24(29-23)27-17-28-25(22)31-10-12-35-13-11-31/h3-6,14,17,20-21,26,30H,1-2,7-13,15-16H2,(H,27,28,29). The number of hydrogen-bond acceptors (Lipinski definition) is 8. The molecule has 3 aliphatic rings. The Labute approximate surface area is 211 Å². The van der Waals surface area contributed by atoms with E-state index in [1.165, 1.54) is 0 Å². The largest absolute Gasteiger partial charge is 0.378 e. The Hall–Kier alpha value is -2.73. The van der Waals surface area contributed by atoms with Gasteiger partial charge in [-0.2, -0.15) is 0 Å². The van der Waals surface area contributed by atoms with Gasteiger partial charge in [0.2, 0.25) is 10.0 Å². The van der Waals surface area contributed by atoms with Crippen molar-refractivity contribution < 1.29 is 13.2 Å². The summed E-state index contributed by atoms with van der Waals surface area (Å²) in [6, 6.07) is 10.0. The van der Waals surface area contributed by atoms with Crippen molar-refractivity contribution in [2.45, 2.75) is 30.6 Å². The Kier molecular flexibility index (Phi) is 6.55. The van der Waals surface area contributed by atoms with Crippen molar-refractivity contribution in [3.05, 3.63) is 36.7 Å². The zero-order valence-corrected chi connectivity index (χ0v) is 21.1. The molecule has 10 nitrogen and oxygen atoms in total. The lowest BCUT2D eigenvalue weighted by Crippen LogP contribution is -2.45. The number of anilines is 2. The maximum atomic E-state index is 13.1. The molecule has 3 aliphatic heterocycles. The molecular weight excluding hydrogens is 478 g/mol. The Balaban J connectivity index is 1.15. The van der Waals surface area contributed by atoms with E-state index in [1.807, 2.05) is 24.3 Å². The van der Waals surface area contributed by atoms with E-state index < -0.39 is 10.0 Å². The number of hydrogen-bond donors (Lipinski definition) is 3. The van der Waals surface area contributed by atoms with Crippen LogP contribution in [0.25, 0.3) is 22.3 Å². The molecule has 11 heteroatoms. The molecule has 2 unspecified atom stereocenters. The van der Waals surface area contributed by atoms with E-state index in [-0.39, 0.29) is 5.25 Å². The number of sulfonamides is 1. The average Bonchev–Trinajstić information content (AvgIpc) is 3.58. The Morgan fingerprint density at radius 3 is 2.67 bits per heavy atom. The summed E-state index contributed by atoms with van der Waals surface area (Å²) >= 11 is 0. The number of piperidine rings is 1. The lowest BCUT2D eigenvalue weighted by Gasteiger charge is -2.31. The molecule has 1 aromatic carbocycles. The minimum Gasteiger partial charge on any atom is -0.378 e.